The molecule has 2 aliphatic rings. The number of aromatic nitrogens is 1. The SMILES string of the molecule is CC[Si](CC)(CC)OC(c1c(Cl)cncc1Cl)C1C[C@@H](C2CCCCC2)CN1. The molecule has 0 aromatic carbocycles. The molecule has 1 aromatic rings. The average Bonchev–Trinajstić information content (AvgIpc) is 3.21. The summed E-state index contributed by atoms with van der Waals surface area (Å²) in [6.07, 6.45) is 11.5. The van der Waals surface area contributed by atoms with E-state index in [9.17, 15) is 0 Å². The summed E-state index contributed by atoms with van der Waals surface area (Å²) < 4.78 is 7.03. The molecule has 1 N–H and O–H groups in total. The van der Waals surface area contributed by atoms with Gasteiger partial charge < -0.3 is 9.74 Å². The maximum atomic E-state index is 7.03. The molecule has 3 rings (SSSR count). The molecule has 0 bridgehead atoms. The molecule has 1 aromatic heterocycles. The van der Waals surface area contributed by atoms with Crippen LogP contribution in [0.25, 0.3) is 0 Å². The molecule has 0 spiro atoms. The zero-order chi connectivity index (χ0) is 20.1. The van der Waals surface area contributed by atoms with Crippen LogP contribution in [0.1, 0.15) is 71.0 Å². The lowest BCUT2D eigenvalue weighted by Crippen LogP contribution is -2.42. The van der Waals surface area contributed by atoms with Crippen molar-refractivity contribution in [2.75, 3.05) is 6.54 Å². The van der Waals surface area contributed by atoms with E-state index in [2.05, 4.69) is 31.1 Å². The van der Waals surface area contributed by atoms with Crippen LogP contribution in [0, 0.1) is 11.8 Å². The van der Waals surface area contributed by atoms with E-state index in [1.807, 2.05) is 0 Å². The van der Waals surface area contributed by atoms with Gasteiger partial charge in [-0.1, -0.05) is 76.1 Å². The van der Waals surface area contributed by atoms with Crippen LogP contribution in [-0.4, -0.2) is 25.9 Å². The van der Waals surface area contributed by atoms with Gasteiger partial charge in [0.05, 0.1) is 16.1 Å². The Morgan fingerprint density at radius 2 is 1.64 bits per heavy atom. The summed E-state index contributed by atoms with van der Waals surface area (Å²) in [4.78, 5) is 4.17. The molecule has 1 saturated heterocycles. The molecular formula is C22H36Cl2N2OSi. The predicted octanol–water partition coefficient (Wildman–Crippen LogP) is 7.01. The second kappa shape index (κ2) is 10.3. The van der Waals surface area contributed by atoms with Crippen molar-refractivity contribution in [3.63, 3.8) is 0 Å². The van der Waals surface area contributed by atoms with Gasteiger partial charge >= 0.3 is 0 Å². The van der Waals surface area contributed by atoms with E-state index in [-0.39, 0.29) is 12.1 Å². The van der Waals surface area contributed by atoms with E-state index >= 15 is 0 Å². The zero-order valence-corrected chi connectivity index (χ0v) is 20.2. The number of pyridine rings is 1. The first-order chi connectivity index (χ1) is 13.5. The fourth-order valence-corrected chi connectivity index (χ4v) is 8.70. The van der Waals surface area contributed by atoms with Gasteiger partial charge in [0.2, 0.25) is 0 Å². The first kappa shape index (κ1) is 22.5. The average molecular weight is 444 g/mol. The first-order valence-corrected chi connectivity index (χ1v) is 14.5. The lowest BCUT2D eigenvalue weighted by Gasteiger charge is -2.37. The van der Waals surface area contributed by atoms with E-state index in [0.29, 0.717) is 10.0 Å². The number of nitrogens with zero attached hydrogens (tertiary/aromatic N) is 1. The van der Waals surface area contributed by atoms with Crippen molar-refractivity contribution in [1.82, 2.24) is 10.3 Å². The van der Waals surface area contributed by atoms with E-state index in [1.54, 1.807) is 12.4 Å². The van der Waals surface area contributed by atoms with Gasteiger partial charge in [0, 0.05) is 24.0 Å². The standard InChI is InChI=1S/C22H36Cl2N2OSi/c1-4-28(5-2,6-3)27-22(21-18(23)14-25-15-19(21)24)20-12-17(13-26-20)16-10-8-7-9-11-16/h14-17,20,22,26H,4-13H2,1-3H3/t17-,20?,22?/m1/s1. The number of hydrogen-bond donors (Lipinski definition) is 1. The van der Waals surface area contributed by atoms with Gasteiger partial charge in [0.15, 0.2) is 8.32 Å². The summed E-state index contributed by atoms with van der Waals surface area (Å²) in [6.45, 7) is 7.92. The van der Waals surface area contributed by atoms with Crippen LogP contribution in [0.4, 0.5) is 0 Å². The maximum absolute atomic E-state index is 7.03. The van der Waals surface area contributed by atoms with Gasteiger partial charge in [-0.3, -0.25) is 4.98 Å². The van der Waals surface area contributed by atoms with E-state index in [4.69, 9.17) is 27.6 Å². The molecule has 2 unspecified atom stereocenters. The minimum absolute atomic E-state index is 0.0805. The van der Waals surface area contributed by atoms with Crippen molar-refractivity contribution in [3.8, 4) is 0 Å². The fraction of sp³-hybridized carbons (Fsp3) is 0.773. The molecule has 1 aliphatic heterocycles. The topological polar surface area (TPSA) is 34.1 Å². The Hall–Kier alpha value is -0.133. The zero-order valence-electron chi connectivity index (χ0n) is 17.6. The number of hydrogen-bond acceptors (Lipinski definition) is 3. The fourth-order valence-electron chi connectivity index (χ4n) is 5.30. The quantitative estimate of drug-likeness (QED) is 0.439. The van der Waals surface area contributed by atoms with Crippen LogP contribution >= 0.6 is 23.2 Å². The Labute approximate surface area is 182 Å². The number of rotatable bonds is 8. The summed E-state index contributed by atoms with van der Waals surface area (Å²) in [5.41, 5.74) is 0.937. The summed E-state index contributed by atoms with van der Waals surface area (Å²) in [7, 11) is -1.82. The highest BCUT2D eigenvalue weighted by molar-refractivity contribution is 6.73. The molecule has 1 aliphatic carbocycles. The Morgan fingerprint density at radius 1 is 1.04 bits per heavy atom. The molecule has 3 nitrogen and oxygen atoms in total. The van der Waals surface area contributed by atoms with Crippen molar-refractivity contribution in [2.24, 2.45) is 11.8 Å². The molecular weight excluding hydrogens is 407 g/mol. The molecule has 3 atom stereocenters. The number of nitrogens with one attached hydrogen (secondary N) is 1. The second-order valence-corrected chi connectivity index (χ2v) is 14.2. The Kier molecular flexibility index (Phi) is 8.26. The minimum Gasteiger partial charge on any atom is -0.408 e. The van der Waals surface area contributed by atoms with Crippen molar-refractivity contribution in [1.29, 1.82) is 0 Å². The van der Waals surface area contributed by atoms with Crippen LogP contribution in [0.15, 0.2) is 12.4 Å². The van der Waals surface area contributed by atoms with Gasteiger partial charge in [-0.15, -0.1) is 0 Å². The molecule has 6 heteroatoms. The van der Waals surface area contributed by atoms with Crippen molar-refractivity contribution in [2.45, 2.75) is 89.6 Å². The van der Waals surface area contributed by atoms with E-state index in [0.717, 1.165) is 48.5 Å². The molecule has 0 amide bonds. The van der Waals surface area contributed by atoms with E-state index < -0.39 is 8.32 Å². The Bertz CT molecular complexity index is 606. The van der Waals surface area contributed by atoms with Crippen molar-refractivity contribution < 1.29 is 4.43 Å². The third-order valence-corrected chi connectivity index (χ3v) is 12.6. The Balaban J connectivity index is 1.86. The van der Waals surface area contributed by atoms with Crippen molar-refractivity contribution >= 4 is 31.5 Å². The van der Waals surface area contributed by atoms with Gasteiger partial charge in [-0.25, -0.2) is 0 Å². The smallest absolute Gasteiger partial charge is 0.192 e. The van der Waals surface area contributed by atoms with Gasteiger partial charge in [0.25, 0.3) is 0 Å². The molecule has 1 saturated carbocycles. The highest BCUT2D eigenvalue weighted by atomic mass is 35.5. The predicted molar refractivity (Wildman–Crippen MR) is 122 cm³/mol. The maximum Gasteiger partial charge on any atom is 0.192 e. The summed E-state index contributed by atoms with van der Waals surface area (Å²) >= 11 is 13.2. The lowest BCUT2D eigenvalue weighted by atomic mass is 9.78. The highest BCUT2D eigenvalue weighted by Gasteiger charge is 2.41. The summed E-state index contributed by atoms with van der Waals surface area (Å²) in [6, 6.07) is 3.64. The monoisotopic (exact) mass is 442 g/mol. The normalized spacial score (nSPS) is 25.2. The van der Waals surface area contributed by atoms with Gasteiger partial charge in [-0.05, 0) is 42.9 Å². The molecule has 2 heterocycles. The first-order valence-electron chi connectivity index (χ1n) is 11.2. The largest absolute Gasteiger partial charge is 0.408 e. The van der Waals surface area contributed by atoms with Crippen LogP contribution in [0.2, 0.25) is 28.2 Å². The van der Waals surface area contributed by atoms with Crippen LogP contribution in [0.3, 0.4) is 0 Å². The van der Waals surface area contributed by atoms with Gasteiger partial charge in [-0.2, -0.15) is 0 Å². The highest BCUT2D eigenvalue weighted by Crippen LogP contribution is 2.43. The van der Waals surface area contributed by atoms with Crippen LogP contribution in [-0.2, 0) is 4.43 Å². The molecule has 158 valence electrons. The third-order valence-electron chi connectivity index (χ3n) is 7.37. The lowest BCUT2D eigenvalue weighted by molar-refractivity contribution is 0.144. The molecule has 28 heavy (non-hydrogen) atoms. The van der Waals surface area contributed by atoms with E-state index in [1.165, 1.54) is 32.1 Å². The third kappa shape index (κ3) is 4.95. The minimum atomic E-state index is -1.82. The number of halogens is 2. The van der Waals surface area contributed by atoms with Crippen LogP contribution < -0.4 is 5.32 Å². The summed E-state index contributed by atoms with van der Waals surface area (Å²) in [5, 5.41) is 5.07. The van der Waals surface area contributed by atoms with Crippen LogP contribution in [0.5, 0.6) is 0 Å². The second-order valence-electron chi connectivity index (χ2n) is 8.71. The molecule has 2 fully saturated rings. The summed E-state index contributed by atoms with van der Waals surface area (Å²) in [5.74, 6) is 1.61. The Morgan fingerprint density at radius 3 is 2.21 bits per heavy atom. The van der Waals surface area contributed by atoms with Crippen molar-refractivity contribution in [3.05, 3.63) is 28.0 Å². The van der Waals surface area contributed by atoms with Gasteiger partial charge in [0.1, 0.15) is 0 Å². The molecule has 0 radical (unpaired) electrons.